The third-order valence-corrected chi connectivity index (χ3v) is 2.58. The predicted molar refractivity (Wildman–Crippen MR) is 61.1 cm³/mol. The molecule has 16 heavy (non-hydrogen) atoms. The van der Waals surface area contributed by atoms with Crippen LogP contribution in [0.15, 0.2) is 41.2 Å². The van der Waals surface area contributed by atoms with E-state index in [4.69, 9.17) is 0 Å². The molecule has 3 N–H and O–H groups in total. The van der Waals surface area contributed by atoms with Gasteiger partial charge in [0.25, 0.3) is 5.56 Å². The van der Waals surface area contributed by atoms with Crippen LogP contribution in [0.4, 0.5) is 0 Å². The molecule has 0 radical (unpaired) electrons. The summed E-state index contributed by atoms with van der Waals surface area (Å²) in [7, 11) is 0. The predicted octanol–water partition coefficient (Wildman–Crippen LogP) is 1.15. The molecule has 0 spiro atoms. The molecule has 1 atom stereocenters. The molecule has 1 aromatic heterocycles. The Kier molecular flexibility index (Phi) is 2.66. The second kappa shape index (κ2) is 3.98. The van der Waals surface area contributed by atoms with Crippen molar-refractivity contribution in [3.05, 3.63) is 58.0 Å². The number of rotatable bonds is 3. The van der Waals surface area contributed by atoms with Crippen LogP contribution in [0, 0.1) is 0 Å². The number of aliphatic hydroxyl groups is 1. The van der Waals surface area contributed by atoms with E-state index in [-0.39, 0.29) is 5.56 Å². The second-order valence-corrected chi connectivity index (χ2v) is 4.10. The van der Waals surface area contributed by atoms with Crippen molar-refractivity contribution in [3.8, 4) is 0 Å². The Morgan fingerprint density at radius 3 is 2.50 bits per heavy atom. The van der Waals surface area contributed by atoms with Gasteiger partial charge in [-0.15, -0.1) is 0 Å². The molecule has 1 aromatic carbocycles. The van der Waals surface area contributed by atoms with Gasteiger partial charge in [-0.2, -0.15) is 0 Å². The molecule has 0 aliphatic rings. The maximum absolute atomic E-state index is 10.9. The monoisotopic (exact) mass is 218 g/mol. The average Bonchev–Trinajstić information content (AvgIpc) is 2.64. The third kappa shape index (κ3) is 2.23. The molecular weight excluding hydrogens is 204 g/mol. The van der Waals surface area contributed by atoms with Gasteiger partial charge in [0.2, 0.25) is 0 Å². The first-order chi connectivity index (χ1) is 7.58. The fourth-order valence-electron chi connectivity index (χ4n) is 1.74. The van der Waals surface area contributed by atoms with Crippen molar-refractivity contribution in [1.29, 1.82) is 0 Å². The van der Waals surface area contributed by atoms with Crippen LogP contribution in [0.25, 0.3) is 0 Å². The van der Waals surface area contributed by atoms with Gasteiger partial charge in [-0.3, -0.25) is 9.89 Å². The van der Waals surface area contributed by atoms with Crippen molar-refractivity contribution >= 4 is 0 Å². The Labute approximate surface area is 92.9 Å². The van der Waals surface area contributed by atoms with E-state index in [1.807, 2.05) is 30.3 Å². The average molecular weight is 218 g/mol. The van der Waals surface area contributed by atoms with Crippen LogP contribution in [0.1, 0.15) is 18.2 Å². The van der Waals surface area contributed by atoms with Gasteiger partial charge in [0.05, 0.1) is 5.60 Å². The molecule has 0 bridgehead atoms. The van der Waals surface area contributed by atoms with Crippen molar-refractivity contribution < 1.29 is 5.11 Å². The zero-order valence-electron chi connectivity index (χ0n) is 9.03. The van der Waals surface area contributed by atoms with Gasteiger partial charge in [-0.25, -0.2) is 0 Å². The number of hydrogen-bond acceptors (Lipinski definition) is 2. The molecule has 0 saturated heterocycles. The zero-order valence-corrected chi connectivity index (χ0v) is 9.03. The highest BCUT2D eigenvalue weighted by molar-refractivity contribution is 5.23. The molecule has 0 saturated carbocycles. The van der Waals surface area contributed by atoms with Crippen molar-refractivity contribution in [1.82, 2.24) is 10.2 Å². The molecule has 2 aromatic rings. The van der Waals surface area contributed by atoms with Crippen LogP contribution in [-0.4, -0.2) is 15.3 Å². The number of H-pyrrole nitrogens is 2. The van der Waals surface area contributed by atoms with Crippen LogP contribution in [0.2, 0.25) is 0 Å². The molecule has 84 valence electrons. The van der Waals surface area contributed by atoms with Crippen molar-refractivity contribution in [2.24, 2.45) is 0 Å². The van der Waals surface area contributed by atoms with E-state index in [1.54, 1.807) is 6.92 Å². The minimum Gasteiger partial charge on any atom is -0.385 e. The fourth-order valence-corrected chi connectivity index (χ4v) is 1.74. The van der Waals surface area contributed by atoms with E-state index >= 15 is 0 Å². The Bertz CT molecular complexity index is 511. The summed E-state index contributed by atoms with van der Waals surface area (Å²) >= 11 is 0. The Balaban J connectivity index is 2.23. The summed E-state index contributed by atoms with van der Waals surface area (Å²) in [5.74, 6) is 0. The summed E-state index contributed by atoms with van der Waals surface area (Å²) in [5.41, 5.74) is 0.363. The number of hydrogen-bond donors (Lipinski definition) is 3. The maximum atomic E-state index is 10.9. The number of aromatic nitrogens is 2. The van der Waals surface area contributed by atoms with Gasteiger partial charge < -0.3 is 10.2 Å². The lowest BCUT2D eigenvalue weighted by molar-refractivity contribution is 0.0566. The quantitative estimate of drug-likeness (QED) is 0.723. The van der Waals surface area contributed by atoms with Gasteiger partial charge in [-0.1, -0.05) is 30.3 Å². The fraction of sp³-hybridized carbons (Fsp3) is 0.250. The molecule has 2 rings (SSSR count). The standard InChI is InChI=1S/C12H14N2O2/c1-12(16,9-5-3-2-4-6-9)8-10-7-11(15)14-13-10/h2-7,16H,8H2,1H3,(H2,13,14,15). The first-order valence-electron chi connectivity index (χ1n) is 5.12. The van der Waals surface area contributed by atoms with Gasteiger partial charge in [0.15, 0.2) is 0 Å². The van der Waals surface area contributed by atoms with E-state index in [2.05, 4.69) is 10.2 Å². The molecule has 0 fully saturated rings. The second-order valence-electron chi connectivity index (χ2n) is 4.10. The summed E-state index contributed by atoms with van der Waals surface area (Å²) in [6.07, 6.45) is 0.371. The summed E-state index contributed by atoms with van der Waals surface area (Å²) in [4.78, 5) is 10.9. The SMILES string of the molecule is CC(O)(Cc1cc(=O)[nH][nH]1)c1ccccc1. The molecule has 1 heterocycles. The minimum atomic E-state index is -0.980. The number of nitrogens with one attached hydrogen (secondary N) is 2. The Hall–Kier alpha value is -1.81. The lowest BCUT2D eigenvalue weighted by Gasteiger charge is -2.22. The van der Waals surface area contributed by atoms with E-state index < -0.39 is 5.60 Å². The summed E-state index contributed by atoms with van der Waals surface area (Å²) in [5, 5.41) is 15.5. The lowest BCUT2D eigenvalue weighted by atomic mass is 9.91. The van der Waals surface area contributed by atoms with E-state index in [0.29, 0.717) is 12.1 Å². The normalized spacial score (nSPS) is 14.6. The summed E-state index contributed by atoms with van der Waals surface area (Å²) in [6.45, 7) is 1.73. The molecule has 1 unspecified atom stereocenters. The Morgan fingerprint density at radius 2 is 1.94 bits per heavy atom. The Morgan fingerprint density at radius 1 is 1.25 bits per heavy atom. The first kappa shape index (κ1) is 10.7. The molecule has 4 nitrogen and oxygen atoms in total. The summed E-state index contributed by atoms with van der Waals surface area (Å²) in [6, 6.07) is 10.8. The number of aromatic amines is 2. The van der Waals surface area contributed by atoms with Gasteiger partial charge in [0, 0.05) is 18.2 Å². The third-order valence-electron chi connectivity index (χ3n) is 2.58. The largest absolute Gasteiger partial charge is 0.385 e. The van der Waals surface area contributed by atoms with Gasteiger partial charge in [0.1, 0.15) is 0 Å². The highest BCUT2D eigenvalue weighted by atomic mass is 16.3. The highest BCUT2D eigenvalue weighted by Crippen LogP contribution is 2.23. The van der Waals surface area contributed by atoms with E-state index in [9.17, 15) is 9.90 Å². The lowest BCUT2D eigenvalue weighted by Crippen LogP contribution is -2.24. The van der Waals surface area contributed by atoms with Crippen LogP contribution < -0.4 is 5.56 Å². The maximum Gasteiger partial charge on any atom is 0.264 e. The van der Waals surface area contributed by atoms with Crippen molar-refractivity contribution in [3.63, 3.8) is 0 Å². The van der Waals surface area contributed by atoms with Crippen LogP contribution >= 0.6 is 0 Å². The number of benzene rings is 1. The van der Waals surface area contributed by atoms with Crippen LogP contribution in [0.3, 0.4) is 0 Å². The highest BCUT2D eigenvalue weighted by Gasteiger charge is 2.23. The van der Waals surface area contributed by atoms with Gasteiger partial charge in [-0.05, 0) is 12.5 Å². The van der Waals surface area contributed by atoms with Gasteiger partial charge >= 0.3 is 0 Å². The summed E-state index contributed by atoms with van der Waals surface area (Å²) < 4.78 is 0. The topological polar surface area (TPSA) is 68.9 Å². The minimum absolute atomic E-state index is 0.182. The van der Waals surface area contributed by atoms with Crippen LogP contribution in [-0.2, 0) is 12.0 Å². The molecule has 0 amide bonds. The zero-order chi connectivity index (χ0) is 11.6. The molecule has 4 heteroatoms. The van der Waals surface area contributed by atoms with Crippen molar-refractivity contribution in [2.75, 3.05) is 0 Å². The van der Waals surface area contributed by atoms with E-state index in [1.165, 1.54) is 6.07 Å². The molecule has 0 aliphatic heterocycles. The van der Waals surface area contributed by atoms with Crippen molar-refractivity contribution in [2.45, 2.75) is 18.9 Å². The molecular formula is C12H14N2O2. The van der Waals surface area contributed by atoms with E-state index in [0.717, 1.165) is 5.56 Å². The smallest absolute Gasteiger partial charge is 0.264 e. The molecule has 0 aliphatic carbocycles. The van der Waals surface area contributed by atoms with Crippen LogP contribution in [0.5, 0.6) is 0 Å². The first-order valence-corrected chi connectivity index (χ1v) is 5.12.